The first-order valence-electron chi connectivity index (χ1n) is 8.37. The maximum absolute atomic E-state index is 12.3. The quantitative estimate of drug-likeness (QED) is 0.806. The van der Waals surface area contributed by atoms with Gasteiger partial charge in [0, 0.05) is 11.4 Å². The van der Waals surface area contributed by atoms with E-state index in [1.165, 1.54) is 0 Å². The molecule has 0 aliphatic heterocycles. The van der Waals surface area contributed by atoms with Gasteiger partial charge in [-0.15, -0.1) is 0 Å². The number of para-hydroxylation sites is 1. The highest BCUT2D eigenvalue weighted by Gasteiger charge is 2.18. The van der Waals surface area contributed by atoms with E-state index in [1.54, 1.807) is 24.3 Å². The zero-order chi connectivity index (χ0) is 18.4. The lowest BCUT2D eigenvalue weighted by Gasteiger charge is -2.16. The first-order valence-corrected chi connectivity index (χ1v) is 8.37. The van der Waals surface area contributed by atoms with Crippen molar-refractivity contribution in [2.45, 2.75) is 33.6 Å². The van der Waals surface area contributed by atoms with E-state index in [0.717, 1.165) is 11.1 Å². The van der Waals surface area contributed by atoms with Crippen molar-refractivity contribution in [3.63, 3.8) is 0 Å². The number of aryl methyl sites for hydroxylation is 1. The van der Waals surface area contributed by atoms with Crippen molar-refractivity contribution in [3.8, 4) is 5.75 Å². The largest absolute Gasteiger partial charge is 0.494 e. The lowest BCUT2D eigenvalue weighted by atomic mass is 9.98. The highest BCUT2D eigenvalue weighted by atomic mass is 16.5. The third-order valence-electron chi connectivity index (χ3n) is 3.79. The molecule has 0 fully saturated rings. The summed E-state index contributed by atoms with van der Waals surface area (Å²) < 4.78 is 5.35. The minimum Gasteiger partial charge on any atom is -0.494 e. The van der Waals surface area contributed by atoms with Crippen LogP contribution in [0.1, 0.15) is 37.8 Å². The molecule has 0 heterocycles. The minimum absolute atomic E-state index is 0.240. The number of carbonyl (C=O) groups is 2. The maximum Gasteiger partial charge on any atom is 0.314 e. The van der Waals surface area contributed by atoms with Crippen molar-refractivity contribution < 1.29 is 14.3 Å². The van der Waals surface area contributed by atoms with Crippen molar-refractivity contribution in [1.82, 2.24) is 0 Å². The molecule has 0 saturated carbocycles. The summed E-state index contributed by atoms with van der Waals surface area (Å²) in [5, 5.41) is 5.33. The fourth-order valence-electron chi connectivity index (χ4n) is 2.50. The van der Waals surface area contributed by atoms with Crippen LogP contribution >= 0.6 is 0 Å². The van der Waals surface area contributed by atoms with E-state index in [0.29, 0.717) is 23.7 Å². The number of amides is 2. The van der Waals surface area contributed by atoms with Crippen LogP contribution in [0.2, 0.25) is 0 Å². The predicted octanol–water partition coefficient (Wildman–Crippen LogP) is 4.09. The maximum atomic E-state index is 12.3. The van der Waals surface area contributed by atoms with Crippen LogP contribution in [0.3, 0.4) is 0 Å². The van der Waals surface area contributed by atoms with Gasteiger partial charge in [-0.25, -0.2) is 0 Å². The molecule has 2 N–H and O–H groups in total. The van der Waals surface area contributed by atoms with E-state index in [4.69, 9.17) is 4.74 Å². The first-order chi connectivity index (χ1) is 11.9. The average molecular weight is 340 g/mol. The lowest BCUT2D eigenvalue weighted by Crippen LogP contribution is -2.29. The van der Waals surface area contributed by atoms with Crippen LogP contribution in [-0.4, -0.2) is 18.4 Å². The van der Waals surface area contributed by atoms with Gasteiger partial charge in [0.05, 0.1) is 6.61 Å². The number of anilines is 2. The Labute approximate surface area is 148 Å². The third-order valence-corrected chi connectivity index (χ3v) is 3.79. The molecule has 2 aromatic carbocycles. The molecule has 2 amide bonds. The van der Waals surface area contributed by atoms with Crippen molar-refractivity contribution in [3.05, 3.63) is 53.6 Å². The number of carbonyl (C=O) groups excluding carboxylic acids is 2. The van der Waals surface area contributed by atoms with Crippen molar-refractivity contribution in [1.29, 1.82) is 0 Å². The monoisotopic (exact) mass is 340 g/mol. The summed E-state index contributed by atoms with van der Waals surface area (Å²) in [6.45, 7) is 8.47. The normalized spacial score (nSPS) is 10.4. The first kappa shape index (κ1) is 18.5. The highest BCUT2D eigenvalue weighted by molar-refractivity contribution is 6.43. The summed E-state index contributed by atoms with van der Waals surface area (Å²) in [5.41, 5.74) is 3.16. The molecule has 0 aliphatic rings. The van der Waals surface area contributed by atoms with Gasteiger partial charge in [0.15, 0.2) is 0 Å². The van der Waals surface area contributed by atoms with Gasteiger partial charge in [-0.2, -0.15) is 0 Å². The summed E-state index contributed by atoms with van der Waals surface area (Å²) in [6.07, 6.45) is 0. The van der Waals surface area contributed by atoms with Gasteiger partial charge in [-0.1, -0.05) is 32.0 Å². The second-order valence-electron chi connectivity index (χ2n) is 6.06. The number of rotatable bonds is 5. The zero-order valence-electron chi connectivity index (χ0n) is 15.1. The molecule has 0 spiro atoms. The van der Waals surface area contributed by atoms with Crippen LogP contribution in [0.5, 0.6) is 5.75 Å². The Morgan fingerprint density at radius 2 is 1.64 bits per heavy atom. The molecule has 5 heteroatoms. The van der Waals surface area contributed by atoms with Crippen molar-refractivity contribution in [2.75, 3.05) is 17.2 Å². The molecule has 132 valence electrons. The fraction of sp³-hybridized carbons (Fsp3) is 0.300. The SMILES string of the molecule is CCOc1ccc(NC(=O)C(=O)Nc2c(C)cccc2C(C)C)cc1. The topological polar surface area (TPSA) is 67.4 Å². The van der Waals surface area contributed by atoms with Crippen LogP contribution in [0.15, 0.2) is 42.5 Å². The number of hydrogen-bond donors (Lipinski definition) is 2. The molecule has 5 nitrogen and oxygen atoms in total. The van der Waals surface area contributed by atoms with E-state index in [9.17, 15) is 9.59 Å². The van der Waals surface area contributed by atoms with E-state index in [-0.39, 0.29) is 5.92 Å². The molecule has 2 rings (SSSR count). The molecule has 0 saturated heterocycles. The smallest absolute Gasteiger partial charge is 0.314 e. The molecular weight excluding hydrogens is 316 g/mol. The predicted molar refractivity (Wildman–Crippen MR) is 100 cm³/mol. The van der Waals surface area contributed by atoms with E-state index in [1.807, 2.05) is 45.9 Å². The summed E-state index contributed by atoms with van der Waals surface area (Å²) >= 11 is 0. The summed E-state index contributed by atoms with van der Waals surface area (Å²) in [7, 11) is 0. The Morgan fingerprint density at radius 1 is 1.00 bits per heavy atom. The van der Waals surface area contributed by atoms with E-state index in [2.05, 4.69) is 10.6 Å². The Bertz CT molecular complexity index is 752. The van der Waals surface area contributed by atoms with Crippen molar-refractivity contribution in [2.24, 2.45) is 0 Å². The molecule has 0 aliphatic carbocycles. The van der Waals surface area contributed by atoms with Crippen LogP contribution in [0.4, 0.5) is 11.4 Å². The van der Waals surface area contributed by atoms with Crippen LogP contribution < -0.4 is 15.4 Å². The second kappa shape index (κ2) is 8.33. The van der Waals surface area contributed by atoms with Gasteiger partial charge in [0.25, 0.3) is 0 Å². The van der Waals surface area contributed by atoms with Gasteiger partial charge < -0.3 is 15.4 Å². The lowest BCUT2D eigenvalue weighted by molar-refractivity contribution is -0.133. The molecule has 0 radical (unpaired) electrons. The van der Waals surface area contributed by atoms with Gasteiger partial charge in [0.2, 0.25) is 0 Å². The van der Waals surface area contributed by atoms with Crippen LogP contribution in [0.25, 0.3) is 0 Å². The Hall–Kier alpha value is -2.82. The molecule has 2 aromatic rings. The van der Waals surface area contributed by atoms with Gasteiger partial charge in [0.1, 0.15) is 5.75 Å². The highest BCUT2D eigenvalue weighted by Crippen LogP contribution is 2.27. The summed E-state index contributed by atoms with van der Waals surface area (Å²) in [5.74, 6) is -0.442. The summed E-state index contributed by atoms with van der Waals surface area (Å²) in [4.78, 5) is 24.4. The van der Waals surface area contributed by atoms with E-state index < -0.39 is 11.8 Å². The van der Waals surface area contributed by atoms with Crippen LogP contribution in [0, 0.1) is 6.92 Å². The van der Waals surface area contributed by atoms with Gasteiger partial charge in [-0.3, -0.25) is 9.59 Å². The number of nitrogens with one attached hydrogen (secondary N) is 2. The second-order valence-corrected chi connectivity index (χ2v) is 6.06. The average Bonchev–Trinajstić information content (AvgIpc) is 2.58. The summed E-state index contributed by atoms with van der Waals surface area (Å²) in [6, 6.07) is 12.7. The van der Waals surface area contributed by atoms with Crippen LogP contribution in [-0.2, 0) is 9.59 Å². The van der Waals surface area contributed by atoms with E-state index >= 15 is 0 Å². The minimum atomic E-state index is -0.706. The number of hydrogen-bond acceptors (Lipinski definition) is 3. The molecule has 0 aromatic heterocycles. The fourth-order valence-corrected chi connectivity index (χ4v) is 2.50. The van der Waals surface area contributed by atoms with Crippen molar-refractivity contribution >= 4 is 23.2 Å². The standard InChI is InChI=1S/C20H24N2O3/c1-5-25-16-11-9-15(10-12-16)21-19(23)20(24)22-18-14(4)7-6-8-17(18)13(2)3/h6-13H,5H2,1-4H3,(H,21,23)(H,22,24). The molecule has 0 atom stereocenters. The van der Waals surface area contributed by atoms with Gasteiger partial charge in [-0.05, 0) is 55.2 Å². The number of benzene rings is 2. The molecule has 0 bridgehead atoms. The zero-order valence-corrected chi connectivity index (χ0v) is 15.1. The third kappa shape index (κ3) is 4.83. The Morgan fingerprint density at radius 3 is 2.24 bits per heavy atom. The molecular formula is C20H24N2O3. The number of ether oxygens (including phenoxy) is 1. The molecule has 0 unspecified atom stereocenters. The van der Waals surface area contributed by atoms with Gasteiger partial charge >= 0.3 is 11.8 Å². The Balaban J connectivity index is 2.07. The molecule has 25 heavy (non-hydrogen) atoms. The Kier molecular flexibility index (Phi) is 6.17.